The summed E-state index contributed by atoms with van der Waals surface area (Å²) in [5.74, 6) is -0.494. The molecule has 6 nitrogen and oxygen atoms in total. The number of benzene rings is 3. The van der Waals surface area contributed by atoms with E-state index in [0.717, 1.165) is 5.56 Å². The predicted octanol–water partition coefficient (Wildman–Crippen LogP) is 3.50. The molecule has 1 fully saturated rings. The first-order valence-electron chi connectivity index (χ1n) is 9.84. The molecule has 3 aromatic carbocycles. The number of rotatable bonds is 5. The van der Waals surface area contributed by atoms with E-state index in [-0.39, 0.29) is 11.7 Å². The highest BCUT2D eigenvalue weighted by molar-refractivity contribution is 6.30. The van der Waals surface area contributed by atoms with Crippen LogP contribution in [0.4, 0.5) is 4.39 Å². The van der Waals surface area contributed by atoms with Crippen LogP contribution in [0, 0.1) is 5.82 Å². The third kappa shape index (κ3) is 4.63. The number of hydrogen-bond donors (Lipinski definition) is 2. The largest absolute Gasteiger partial charge is 0.497 e. The lowest BCUT2D eigenvalue weighted by atomic mass is 9.99. The SMILES string of the molecule is COc1ccc(C(=O)N[C@H]2C(=O)N/[N+](=C\c3ccc(F)cc3)[C@H]2c2ccc(Cl)cc2)cc1. The van der Waals surface area contributed by atoms with Gasteiger partial charge in [0.15, 0.2) is 6.04 Å². The van der Waals surface area contributed by atoms with Crippen molar-refractivity contribution < 1.29 is 23.4 Å². The molecule has 4 rings (SSSR count). The van der Waals surface area contributed by atoms with Gasteiger partial charge < -0.3 is 10.1 Å². The Balaban J connectivity index is 1.67. The molecular weight excluding hydrogens is 433 g/mol. The lowest BCUT2D eigenvalue weighted by Crippen LogP contribution is -2.42. The van der Waals surface area contributed by atoms with Crippen LogP contribution in [0.5, 0.6) is 5.75 Å². The number of hydrogen-bond acceptors (Lipinski definition) is 3. The van der Waals surface area contributed by atoms with Crippen molar-refractivity contribution in [3.8, 4) is 5.75 Å². The molecule has 1 saturated heterocycles. The van der Waals surface area contributed by atoms with Gasteiger partial charge in [0, 0.05) is 21.7 Å². The van der Waals surface area contributed by atoms with Crippen LogP contribution in [0.15, 0.2) is 72.8 Å². The van der Waals surface area contributed by atoms with Crippen LogP contribution in [0.1, 0.15) is 27.5 Å². The Morgan fingerprint density at radius 3 is 2.34 bits per heavy atom. The summed E-state index contributed by atoms with van der Waals surface area (Å²) >= 11 is 6.03. The molecule has 2 amide bonds. The Morgan fingerprint density at radius 2 is 1.72 bits per heavy atom. The molecule has 0 aromatic heterocycles. The van der Waals surface area contributed by atoms with Gasteiger partial charge in [0.05, 0.1) is 7.11 Å². The summed E-state index contributed by atoms with van der Waals surface area (Å²) in [7, 11) is 1.54. The van der Waals surface area contributed by atoms with Crippen LogP contribution in [0.3, 0.4) is 0 Å². The second-order valence-corrected chi connectivity index (χ2v) is 7.68. The summed E-state index contributed by atoms with van der Waals surface area (Å²) in [6.45, 7) is 0. The quantitative estimate of drug-likeness (QED) is 0.582. The summed E-state index contributed by atoms with van der Waals surface area (Å²) in [5.41, 5.74) is 4.64. The van der Waals surface area contributed by atoms with Gasteiger partial charge in [-0.25, -0.2) is 4.39 Å². The van der Waals surface area contributed by atoms with Crippen molar-refractivity contribution in [3.63, 3.8) is 0 Å². The zero-order chi connectivity index (χ0) is 22.7. The normalized spacial score (nSPS) is 19.0. The third-order valence-corrected chi connectivity index (χ3v) is 5.40. The van der Waals surface area contributed by atoms with Crippen LogP contribution < -0.4 is 15.5 Å². The van der Waals surface area contributed by atoms with Gasteiger partial charge in [-0.3, -0.25) is 9.59 Å². The molecule has 0 unspecified atom stereocenters. The van der Waals surface area contributed by atoms with E-state index in [4.69, 9.17) is 16.3 Å². The first-order valence-corrected chi connectivity index (χ1v) is 10.2. The molecule has 2 atom stereocenters. The first-order chi connectivity index (χ1) is 15.4. The molecule has 1 aliphatic rings. The van der Waals surface area contributed by atoms with Crippen LogP contribution >= 0.6 is 11.6 Å². The fourth-order valence-electron chi connectivity index (χ4n) is 3.52. The standard InChI is InChI=1S/C24H19ClFN3O3/c1-32-20-12-6-17(7-13-20)23(30)27-21-22(16-4-8-18(25)9-5-16)29(28-24(21)31)14-15-2-10-19(26)11-3-15/h2-14,21-22H,1H3,(H-,27,28,30,31)/p+1/b29-14-/t21-,22+/m1/s1. The summed E-state index contributed by atoms with van der Waals surface area (Å²) in [5, 5.41) is 3.38. The van der Waals surface area contributed by atoms with Crippen LogP contribution in [0.2, 0.25) is 5.02 Å². The number of amides is 2. The zero-order valence-corrected chi connectivity index (χ0v) is 17.8. The van der Waals surface area contributed by atoms with Gasteiger partial charge in [0.2, 0.25) is 12.3 Å². The fraction of sp³-hybridized carbons (Fsp3) is 0.125. The molecule has 0 saturated carbocycles. The number of halogens is 2. The number of hydrazone groups is 1. The van der Waals surface area contributed by atoms with Crippen molar-refractivity contribution in [2.24, 2.45) is 0 Å². The number of nitrogens with zero attached hydrogens (tertiary/aromatic N) is 1. The minimum absolute atomic E-state index is 0.355. The molecule has 1 heterocycles. The summed E-state index contributed by atoms with van der Waals surface area (Å²) < 4.78 is 20.0. The van der Waals surface area contributed by atoms with Crippen LogP contribution in [0.25, 0.3) is 0 Å². The van der Waals surface area contributed by atoms with Crippen molar-refractivity contribution in [1.29, 1.82) is 0 Å². The molecule has 3 aromatic rings. The van der Waals surface area contributed by atoms with Gasteiger partial charge >= 0.3 is 5.91 Å². The monoisotopic (exact) mass is 452 g/mol. The minimum Gasteiger partial charge on any atom is -0.497 e. The Kier molecular flexibility index (Phi) is 6.18. The second-order valence-electron chi connectivity index (χ2n) is 7.24. The highest BCUT2D eigenvalue weighted by atomic mass is 35.5. The molecule has 8 heteroatoms. The predicted molar refractivity (Wildman–Crippen MR) is 118 cm³/mol. The van der Waals surface area contributed by atoms with Crippen molar-refractivity contribution in [2.45, 2.75) is 12.1 Å². The van der Waals surface area contributed by atoms with Crippen molar-refractivity contribution in [3.05, 3.63) is 100 Å². The molecule has 1 aliphatic heterocycles. The molecule has 162 valence electrons. The fourth-order valence-corrected chi connectivity index (χ4v) is 3.64. The first kappa shape index (κ1) is 21.5. The maximum Gasteiger partial charge on any atom is 0.304 e. The second kappa shape index (κ2) is 9.20. The molecule has 0 aliphatic carbocycles. The lowest BCUT2D eigenvalue weighted by Gasteiger charge is -2.15. The molecular formula is C24H20ClFN3O3+. The number of ether oxygens (including phenoxy) is 1. The molecule has 0 spiro atoms. The van der Waals surface area contributed by atoms with Gasteiger partial charge in [-0.15, -0.1) is 10.1 Å². The number of carbonyl (C=O) groups excluding carboxylic acids is 2. The van der Waals surface area contributed by atoms with E-state index in [2.05, 4.69) is 10.7 Å². The van der Waals surface area contributed by atoms with Gasteiger partial charge in [0.1, 0.15) is 11.6 Å². The zero-order valence-electron chi connectivity index (χ0n) is 17.1. The van der Waals surface area contributed by atoms with E-state index in [1.807, 2.05) is 0 Å². The lowest BCUT2D eigenvalue weighted by molar-refractivity contribution is -0.596. The Labute approximate surface area is 189 Å². The number of methoxy groups -OCH3 is 1. The highest BCUT2D eigenvalue weighted by Gasteiger charge is 2.47. The van der Waals surface area contributed by atoms with E-state index < -0.39 is 18.0 Å². The van der Waals surface area contributed by atoms with E-state index in [1.165, 1.54) is 12.1 Å². The third-order valence-electron chi connectivity index (χ3n) is 5.15. The van der Waals surface area contributed by atoms with Crippen LogP contribution in [-0.2, 0) is 4.79 Å². The maximum atomic E-state index is 13.3. The minimum atomic E-state index is -0.873. The van der Waals surface area contributed by atoms with Gasteiger partial charge in [0.25, 0.3) is 5.91 Å². The Bertz CT molecular complexity index is 1160. The van der Waals surface area contributed by atoms with E-state index in [0.29, 0.717) is 21.9 Å². The van der Waals surface area contributed by atoms with Crippen LogP contribution in [-0.4, -0.2) is 35.9 Å². The molecule has 32 heavy (non-hydrogen) atoms. The number of nitrogens with one attached hydrogen (secondary N) is 2. The average Bonchev–Trinajstić information content (AvgIpc) is 3.10. The number of hydrazine groups is 1. The van der Waals surface area contributed by atoms with Crippen molar-refractivity contribution >= 4 is 29.6 Å². The highest BCUT2D eigenvalue weighted by Crippen LogP contribution is 2.27. The summed E-state index contributed by atoms with van der Waals surface area (Å²) in [4.78, 5) is 25.7. The average molecular weight is 453 g/mol. The maximum absolute atomic E-state index is 13.3. The summed E-state index contributed by atoms with van der Waals surface area (Å²) in [6.07, 6.45) is 1.69. The van der Waals surface area contributed by atoms with E-state index >= 15 is 0 Å². The Hall–Kier alpha value is -3.71. The van der Waals surface area contributed by atoms with E-state index in [1.54, 1.807) is 78.7 Å². The van der Waals surface area contributed by atoms with Gasteiger partial charge in [-0.05, 0) is 60.7 Å². The molecule has 0 radical (unpaired) electrons. The number of carbonyl (C=O) groups is 2. The molecule has 2 N–H and O–H groups in total. The Morgan fingerprint density at radius 1 is 1.06 bits per heavy atom. The van der Waals surface area contributed by atoms with E-state index in [9.17, 15) is 14.0 Å². The van der Waals surface area contributed by atoms with Crippen molar-refractivity contribution in [1.82, 2.24) is 10.7 Å². The molecule has 0 bridgehead atoms. The van der Waals surface area contributed by atoms with Crippen molar-refractivity contribution in [2.75, 3.05) is 7.11 Å². The smallest absolute Gasteiger partial charge is 0.304 e. The summed E-state index contributed by atoms with van der Waals surface area (Å²) in [6, 6.07) is 18.1. The van der Waals surface area contributed by atoms with Gasteiger partial charge in [-0.1, -0.05) is 23.7 Å². The van der Waals surface area contributed by atoms with Gasteiger partial charge in [-0.2, -0.15) is 0 Å². The topological polar surface area (TPSA) is 70.4 Å².